The molecule has 0 spiro atoms. The van der Waals surface area contributed by atoms with Crippen molar-refractivity contribution >= 4 is 40.3 Å². The van der Waals surface area contributed by atoms with E-state index in [0.29, 0.717) is 34.3 Å². The SMILES string of the molecule is CN1C(=O)C2=CC=C3c4ccc5c6c4C(=C4C=CC(=C2C34)C1=O)CC=C6C(=O)N(C)C5=O. The molecule has 1 unspecified atom stereocenters. The van der Waals surface area contributed by atoms with Crippen LogP contribution < -0.4 is 0 Å². The van der Waals surface area contributed by atoms with Crippen LogP contribution in [0.25, 0.3) is 16.7 Å². The third kappa shape index (κ3) is 1.75. The Kier molecular flexibility index (Phi) is 2.97. The number of carbonyl (C=O) groups excluding carboxylic acids is 4. The zero-order valence-corrected chi connectivity index (χ0v) is 17.4. The van der Waals surface area contributed by atoms with Crippen LogP contribution in [0.5, 0.6) is 0 Å². The third-order valence-corrected chi connectivity index (χ3v) is 7.44. The third-order valence-electron chi connectivity index (χ3n) is 7.44. The van der Waals surface area contributed by atoms with Crippen molar-refractivity contribution < 1.29 is 19.2 Å². The molecule has 2 heterocycles. The Hall–Kier alpha value is -4.06. The normalized spacial score (nSPS) is 24.4. The van der Waals surface area contributed by atoms with Gasteiger partial charge in [0.2, 0.25) is 0 Å². The van der Waals surface area contributed by atoms with Gasteiger partial charge in [-0.2, -0.15) is 0 Å². The number of imide groups is 2. The van der Waals surface area contributed by atoms with E-state index in [1.807, 2.05) is 24.3 Å². The molecule has 1 atom stereocenters. The van der Waals surface area contributed by atoms with E-state index >= 15 is 0 Å². The maximum absolute atomic E-state index is 12.9. The van der Waals surface area contributed by atoms with Gasteiger partial charge in [0, 0.05) is 47.9 Å². The van der Waals surface area contributed by atoms with Gasteiger partial charge >= 0.3 is 0 Å². The fourth-order valence-corrected chi connectivity index (χ4v) is 5.93. The first-order valence-corrected chi connectivity index (χ1v) is 10.5. The van der Waals surface area contributed by atoms with Crippen LogP contribution >= 0.6 is 0 Å². The minimum Gasteiger partial charge on any atom is -0.277 e. The lowest BCUT2D eigenvalue weighted by Gasteiger charge is -2.43. The van der Waals surface area contributed by atoms with Crippen molar-refractivity contribution in [2.24, 2.45) is 5.92 Å². The minimum absolute atomic E-state index is 0.204. The van der Waals surface area contributed by atoms with Crippen LogP contribution in [0.4, 0.5) is 0 Å². The van der Waals surface area contributed by atoms with E-state index < -0.39 is 0 Å². The van der Waals surface area contributed by atoms with Crippen LogP contribution in [0, 0.1) is 5.92 Å². The highest BCUT2D eigenvalue weighted by Gasteiger charge is 2.47. The van der Waals surface area contributed by atoms with E-state index in [0.717, 1.165) is 33.4 Å². The molecule has 0 saturated heterocycles. The Morgan fingerprint density at radius 1 is 0.781 bits per heavy atom. The second-order valence-corrected chi connectivity index (χ2v) is 8.80. The molecule has 154 valence electrons. The summed E-state index contributed by atoms with van der Waals surface area (Å²) in [6.07, 6.45) is 9.98. The van der Waals surface area contributed by atoms with Crippen molar-refractivity contribution in [3.05, 3.63) is 87.1 Å². The second-order valence-electron chi connectivity index (χ2n) is 8.80. The first-order valence-electron chi connectivity index (χ1n) is 10.5. The van der Waals surface area contributed by atoms with Gasteiger partial charge in [0.25, 0.3) is 23.6 Å². The Labute approximate surface area is 183 Å². The second kappa shape index (κ2) is 5.40. The number of hydrogen-bond acceptors (Lipinski definition) is 4. The molecule has 6 aliphatic rings. The molecule has 6 nitrogen and oxygen atoms in total. The zero-order chi connectivity index (χ0) is 22.0. The largest absolute Gasteiger partial charge is 0.277 e. The van der Waals surface area contributed by atoms with Gasteiger partial charge in [0.05, 0.1) is 0 Å². The molecule has 1 aromatic carbocycles. The smallest absolute Gasteiger partial charge is 0.261 e. The predicted octanol–water partition coefficient (Wildman–Crippen LogP) is 2.66. The number of rotatable bonds is 0. The lowest BCUT2D eigenvalue weighted by Crippen LogP contribution is -2.43. The molecule has 4 aliphatic carbocycles. The van der Waals surface area contributed by atoms with Gasteiger partial charge in [-0.25, -0.2) is 0 Å². The number of amides is 4. The van der Waals surface area contributed by atoms with Crippen LogP contribution in [-0.4, -0.2) is 47.5 Å². The molecule has 0 radical (unpaired) electrons. The molecule has 4 amide bonds. The van der Waals surface area contributed by atoms with E-state index in [1.165, 1.54) is 23.9 Å². The van der Waals surface area contributed by atoms with Crippen LogP contribution in [-0.2, 0) is 14.4 Å². The molecule has 0 saturated carbocycles. The molecule has 32 heavy (non-hydrogen) atoms. The molecular weight excluding hydrogens is 404 g/mol. The number of likely N-dealkylation sites (N-methyl/N-ethyl adjacent to an activating group) is 2. The van der Waals surface area contributed by atoms with E-state index in [1.54, 1.807) is 18.2 Å². The monoisotopic (exact) mass is 420 g/mol. The molecular formula is C26H16N2O4. The van der Waals surface area contributed by atoms with Crippen LogP contribution in [0.2, 0.25) is 0 Å². The van der Waals surface area contributed by atoms with Gasteiger partial charge in [-0.15, -0.1) is 0 Å². The van der Waals surface area contributed by atoms with Crippen molar-refractivity contribution in [3.8, 4) is 0 Å². The van der Waals surface area contributed by atoms with Crippen LogP contribution in [0.3, 0.4) is 0 Å². The molecule has 0 N–H and O–H groups in total. The maximum atomic E-state index is 12.9. The fraction of sp³-hybridized carbons (Fsp3) is 0.154. The summed E-state index contributed by atoms with van der Waals surface area (Å²) in [5.41, 5.74) is 8.65. The highest BCUT2D eigenvalue weighted by molar-refractivity contribution is 6.33. The topological polar surface area (TPSA) is 74.8 Å². The fourth-order valence-electron chi connectivity index (χ4n) is 5.93. The van der Waals surface area contributed by atoms with Gasteiger partial charge in [-0.3, -0.25) is 29.0 Å². The van der Waals surface area contributed by atoms with Crippen molar-refractivity contribution in [3.63, 3.8) is 0 Å². The summed E-state index contributed by atoms with van der Waals surface area (Å²) in [7, 11) is 3.02. The Morgan fingerprint density at radius 2 is 1.50 bits per heavy atom. The van der Waals surface area contributed by atoms with Crippen molar-refractivity contribution in [1.29, 1.82) is 0 Å². The van der Waals surface area contributed by atoms with Gasteiger partial charge in [-0.1, -0.05) is 24.3 Å². The zero-order valence-electron chi connectivity index (χ0n) is 17.4. The highest BCUT2D eigenvalue weighted by Crippen LogP contribution is 2.57. The Bertz CT molecular complexity index is 1490. The van der Waals surface area contributed by atoms with Crippen molar-refractivity contribution in [2.45, 2.75) is 6.42 Å². The molecule has 1 aromatic rings. The first kappa shape index (κ1) is 17.6. The van der Waals surface area contributed by atoms with Crippen LogP contribution in [0.1, 0.15) is 33.5 Å². The molecule has 2 aliphatic heterocycles. The van der Waals surface area contributed by atoms with E-state index in [4.69, 9.17) is 0 Å². The van der Waals surface area contributed by atoms with Crippen molar-refractivity contribution in [2.75, 3.05) is 14.1 Å². The molecule has 6 heteroatoms. The molecule has 0 aromatic heterocycles. The average Bonchev–Trinajstić information content (AvgIpc) is 2.82. The summed E-state index contributed by atoms with van der Waals surface area (Å²) in [5, 5.41) is 0. The quantitative estimate of drug-likeness (QED) is 0.605. The summed E-state index contributed by atoms with van der Waals surface area (Å²) in [5.74, 6) is -1.36. The maximum Gasteiger partial charge on any atom is 0.261 e. The molecule has 0 fully saturated rings. The molecule has 0 bridgehead atoms. The standard InChI is InChI=1S/C26H16N2O4/c1-27-23(29)15-7-3-11-13-5-9-17-22-18(26(32)28(2)25(17)31)10-6-14(20(13)22)12-4-8-16(24(27)30)21(15)19(11)12/h3-5,7-10,19H,6H2,1-2H3. The van der Waals surface area contributed by atoms with Gasteiger partial charge in [0.1, 0.15) is 0 Å². The summed E-state index contributed by atoms with van der Waals surface area (Å²) in [4.78, 5) is 53.8. The number of allylic oxidation sites excluding steroid dienone is 7. The summed E-state index contributed by atoms with van der Waals surface area (Å²) in [6.45, 7) is 0. The van der Waals surface area contributed by atoms with E-state index in [9.17, 15) is 19.2 Å². The van der Waals surface area contributed by atoms with E-state index in [-0.39, 0.29) is 29.5 Å². The number of carbonyl (C=O) groups is 4. The van der Waals surface area contributed by atoms with Crippen molar-refractivity contribution in [1.82, 2.24) is 9.80 Å². The summed E-state index contributed by atoms with van der Waals surface area (Å²) in [6, 6.07) is 3.73. The van der Waals surface area contributed by atoms with Gasteiger partial charge < -0.3 is 0 Å². The number of fused-ring (bicyclic) bond motifs is 1. The lowest BCUT2D eigenvalue weighted by atomic mass is 9.62. The summed E-state index contributed by atoms with van der Waals surface area (Å²) < 4.78 is 0. The van der Waals surface area contributed by atoms with Crippen LogP contribution in [0.15, 0.2) is 64.8 Å². The number of hydrogen-bond donors (Lipinski definition) is 0. The van der Waals surface area contributed by atoms with E-state index in [2.05, 4.69) is 0 Å². The first-order chi connectivity index (χ1) is 15.4. The molecule has 7 rings (SSSR count). The Morgan fingerprint density at radius 3 is 2.31 bits per heavy atom. The highest BCUT2D eigenvalue weighted by atomic mass is 16.2. The Balaban J connectivity index is 1.58. The number of nitrogens with zero attached hydrogens (tertiary/aromatic N) is 2. The number of benzene rings is 1. The predicted molar refractivity (Wildman–Crippen MR) is 117 cm³/mol. The average molecular weight is 420 g/mol. The van der Waals surface area contributed by atoms with Gasteiger partial charge in [-0.05, 0) is 58.1 Å². The summed E-state index contributed by atoms with van der Waals surface area (Å²) >= 11 is 0. The lowest BCUT2D eigenvalue weighted by molar-refractivity contribution is -0.139. The minimum atomic E-state index is -0.297. The van der Waals surface area contributed by atoms with Gasteiger partial charge in [0.15, 0.2) is 0 Å².